The Balaban J connectivity index is 2.20. The van der Waals surface area contributed by atoms with E-state index in [1.54, 1.807) is 6.20 Å². The molecule has 0 saturated carbocycles. The van der Waals surface area contributed by atoms with E-state index in [4.69, 9.17) is 10.8 Å². The van der Waals surface area contributed by atoms with Crippen molar-refractivity contribution in [3.63, 3.8) is 0 Å². The van der Waals surface area contributed by atoms with Crippen LogP contribution in [0.25, 0.3) is 21.8 Å². The highest BCUT2D eigenvalue weighted by molar-refractivity contribution is 6.07. The van der Waals surface area contributed by atoms with Gasteiger partial charge in [-0.3, -0.25) is 9.78 Å². The summed E-state index contributed by atoms with van der Waals surface area (Å²) in [4.78, 5) is 14.9. The summed E-state index contributed by atoms with van der Waals surface area (Å²) in [6.45, 7) is 0. The van der Waals surface area contributed by atoms with Gasteiger partial charge in [0.25, 0.3) is 0 Å². The molecule has 2 aromatic heterocycles. The number of carboxylic acids is 1. The van der Waals surface area contributed by atoms with Crippen LogP contribution < -0.4 is 5.73 Å². The molecule has 0 saturated heterocycles. The zero-order chi connectivity index (χ0) is 14.3. The molecule has 0 spiro atoms. The maximum absolute atomic E-state index is 10.8. The Kier molecular flexibility index (Phi) is 2.91. The van der Waals surface area contributed by atoms with Gasteiger partial charge in [-0.25, -0.2) is 0 Å². The van der Waals surface area contributed by atoms with Gasteiger partial charge in [-0.2, -0.15) is 0 Å². The highest BCUT2D eigenvalue weighted by Crippen LogP contribution is 2.29. The molecule has 3 N–H and O–H groups in total. The minimum absolute atomic E-state index is 0.0749. The summed E-state index contributed by atoms with van der Waals surface area (Å²) in [6, 6.07) is 7.30. The summed E-state index contributed by atoms with van der Waals surface area (Å²) in [7, 11) is 2.00. The van der Waals surface area contributed by atoms with Gasteiger partial charge < -0.3 is 15.4 Å². The van der Waals surface area contributed by atoms with Crippen LogP contribution in [0.5, 0.6) is 0 Å². The van der Waals surface area contributed by atoms with Crippen molar-refractivity contribution in [2.75, 3.05) is 0 Å². The number of hydrogen-bond donors (Lipinski definition) is 2. The molecule has 1 atom stereocenters. The van der Waals surface area contributed by atoms with Crippen LogP contribution in [0.1, 0.15) is 18.0 Å². The van der Waals surface area contributed by atoms with Crippen LogP contribution in [0, 0.1) is 0 Å². The van der Waals surface area contributed by atoms with Gasteiger partial charge in [0.1, 0.15) is 0 Å². The SMILES string of the molecule is Cn1c2ccncc2c2cc(C(N)CC(=O)O)ccc21. The molecule has 0 bridgehead atoms. The van der Waals surface area contributed by atoms with E-state index in [0.29, 0.717) is 0 Å². The van der Waals surface area contributed by atoms with Crippen LogP contribution in [0.3, 0.4) is 0 Å². The fraction of sp³-hybridized carbons (Fsp3) is 0.200. The van der Waals surface area contributed by atoms with Crippen molar-refractivity contribution in [3.8, 4) is 0 Å². The maximum Gasteiger partial charge on any atom is 0.305 e. The number of pyridine rings is 1. The average Bonchev–Trinajstić information content (AvgIpc) is 2.72. The molecule has 20 heavy (non-hydrogen) atoms. The average molecular weight is 269 g/mol. The Bertz CT molecular complexity index is 807. The highest BCUT2D eigenvalue weighted by Gasteiger charge is 2.14. The molecule has 102 valence electrons. The second-order valence-electron chi connectivity index (χ2n) is 4.93. The molecule has 0 radical (unpaired) electrons. The monoisotopic (exact) mass is 269 g/mol. The number of nitrogens with two attached hydrogens (primary N) is 1. The minimum Gasteiger partial charge on any atom is -0.481 e. The summed E-state index contributed by atoms with van der Waals surface area (Å²) in [5, 5.41) is 10.9. The number of benzene rings is 1. The number of aryl methyl sites for hydroxylation is 1. The van der Waals surface area contributed by atoms with E-state index in [2.05, 4.69) is 9.55 Å². The molecule has 0 aliphatic heterocycles. The molecule has 1 unspecified atom stereocenters. The lowest BCUT2D eigenvalue weighted by Crippen LogP contribution is -2.14. The van der Waals surface area contributed by atoms with Crippen molar-refractivity contribution in [2.24, 2.45) is 12.8 Å². The first kappa shape index (κ1) is 12.6. The zero-order valence-corrected chi connectivity index (χ0v) is 11.1. The Hall–Kier alpha value is -2.40. The molecule has 3 aromatic rings. The number of carbonyl (C=O) groups is 1. The largest absolute Gasteiger partial charge is 0.481 e. The first-order valence-corrected chi connectivity index (χ1v) is 6.37. The van der Waals surface area contributed by atoms with Gasteiger partial charge in [0, 0.05) is 41.8 Å². The topological polar surface area (TPSA) is 81.1 Å². The van der Waals surface area contributed by atoms with E-state index in [1.165, 1.54) is 0 Å². The van der Waals surface area contributed by atoms with E-state index in [9.17, 15) is 4.79 Å². The molecule has 5 heteroatoms. The van der Waals surface area contributed by atoms with Crippen molar-refractivity contribution in [1.82, 2.24) is 9.55 Å². The molecular weight excluding hydrogens is 254 g/mol. The lowest BCUT2D eigenvalue weighted by Gasteiger charge is -2.09. The fourth-order valence-electron chi connectivity index (χ4n) is 2.62. The Labute approximate surface area is 115 Å². The van der Waals surface area contributed by atoms with Crippen LogP contribution in [-0.4, -0.2) is 20.6 Å². The third kappa shape index (κ3) is 1.92. The predicted molar refractivity (Wildman–Crippen MR) is 77.4 cm³/mol. The predicted octanol–water partition coefficient (Wildman–Crippen LogP) is 2.20. The molecule has 0 fully saturated rings. The quantitative estimate of drug-likeness (QED) is 0.763. The first-order chi connectivity index (χ1) is 9.58. The fourth-order valence-corrected chi connectivity index (χ4v) is 2.62. The molecule has 5 nitrogen and oxygen atoms in total. The van der Waals surface area contributed by atoms with Crippen molar-refractivity contribution in [2.45, 2.75) is 12.5 Å². The van der Waals surface area contributed by atoms with Gasteiger partial charge in [0.2, 0.25) is 0 Å². The summed E-state index contributed by atoms with van der Waals surface area (Å²) < 4.78 is 2.10. The van der Waals surface area contributed by atoms with Crippen molar-refractivity contribution < 1.29 is 9.90 Å². The molecular formula is C15H15N3O2. The van der Waals surface area contributed by atoms with Gasteiger partial charge in [-0.05, 0) is 23.8 Å². The lowest BCUT2D eigenvalue weighted by molar-refractivity contribution is -0.137. The van der Waals surface area contributed by atoms with E-state index >= 15 is 0 Å². The lowest BCUT2D eigenvalue weighted by atomic mass is 10.0. The summed E-state index contributed by atoms with van der Waals surface area (Å²) in [5.74, 6) is -0.891. The van der Waals surface area contributed by atoms with Crippen molar-refractivity contribution in [1.29, 1.82) is 0 Å². The Morgan fingerprint density at radius 2 is 2.10 bits per heavy atom. The normalized spacial score (nSPS) is 12.9. The summed E-state index contributed by atoms with van der Waals surface area (Å²) in [5.41, 5.74) is 8.94. The molecule has 3 rings (SSSR count). The second-order valence-corrected chi connectivity index (χ2v) is 4.93. The highest BCUT2D eigenvalue weighted by atomic mass is 16.4. The molecule has 0 amide bonds. The Morgan fingerprint density at radius 1 is 1.35 bits per heavy atom. The van der Waals surface area contributed by atoms with Gasteiger partial charge in [-0.1, -0.05) is 6.07 Å². The zero-order valence-electron chi connectivity index (χ0n) is 11.1. The molecule has 0 aliphatic rings. The van der Waals surface area contributed by atoms with E-state index in [-0.39, 0.29) is 6.42 Å². The van der Waals surface area contributed by atoms with Crippen LogP contribution in [0.15, 0.2) is 36.7 Å². The second kappa shape index (κ2) is 4.61. The standard InChI is InChI=1S/C15H15N3O2/c1-18-13-3-2-9(12(16)7-15(19)20)6-10(13)11-8-17-5-4-14(11)18/h2-6,8,12H,7,16H2,1H3,(H,19,20). The number of nitrogens with zero attached hydrogens (tertiary/aromatic N) is 2. The third-order valence-corrected chi connectivity index (χ3v) is 3.65. The number of hydrogen-bond acceptors (Lipinski definition) is 3. The van der Waals surface area contributed by atoms with E-state index in [0.717, 1.165) is 27.4 Å². The van der Waals surface area contributed by atoms with Gasteiger partial charge in [0.05, 0.1) is 11.9 Å². The molecule has 2 heterocycles. The van der Waals surface area contributed by atoms with Crippen LogP contribution in [0.4, 0.5) is 0 Å². The van der Waals surface area contributed by atoms with E-state index in [1.807, 2.05) is 37.5 Å². The van der Waals surface area contributed by atoms with Gasteiger partial charge in [0.15, 0.2) is 0 Å². The number of aromatic nitrogens is 2. The van der Waals surface area contributed by atoms with Crippen LogP contribution in [0.2, 0.25) is 0 Å². The molecule has 1 aromatic carbocycles. The number of rotatable bonds is 3. The van der Waals surface area contributed by atoms with Crippen molar-refractivity contribution >= 4 is 27.8 Å². The smallest absolute Gasteiger partial charge is 0.305 e. The Morgan fingerprint density at radius 3 is 2.85 bits per heavy atom. The van der Waals surface area contributed by atoms with E-state index < -0.39 is 12.0 Å². The number of fused-ring (bicyclic) bond motifs is 3. The maximum atomic E-state index is 10.8. The minimum atomic E-state index is -0.891. The summed E-state index contributed by atoms with van der Waals surface area (Å²) >= 11 is 0. The van der Waals surface area contributed by atoms with Crippen LogP contribution >= 0.6 is 0 Å². The van der Waals surface area contributed by atoms with Gasteiger partial charge >= 0.3 is 5.97 Å². The third-order valence-electron chi connectivity index (χ3n) is 3.65. The van der Waals surface area contributed by atoms with Crippen LogP contribution in [-0.2, 0) is 11.8 Å². The van der Waals surface area contributed by atoms with Gasteiger partial charge in [-0.15, -0.1) is 0 Å². The van der Waals surface area contributed by atoms with Crippen molar-refractivity contribution in [3.05, 3.63) is 42.2 Å². The number of aliphatic carboxylic acids is 1. The summed E-state index contributed by atoms with van der Waals surface area (Å²) in [6.07, 6.45) is 3.51. The first-order valence-electron chi connectivity index (χ1n) is 6.37. The number of carboxylic acid groups (broad SMARTS) is 1. The molecule has 0 aliphatic carbocycles.